The van der Waals surface area contributed by atoms with Gasteiger partial charge in [0.1, 0.15) is 23.7 Å². The summed E-state index contributed by atoms with van der Waals surface area (Å²) in [5, 5.41) is 12.8. The predicted octanol–water partition coefficient (Wildman–Crippen LogP) is 3.80. The molecule has 170 valence electrons. The number of hydrogen-bond acceptors (Lipinski definition) is 6. The van der Waals surface area contributed by atoms with Crippen LogP contribution >= 0.6 is 11.6 Å². The highest BCUT2D eigenvalue weighted by Crippen LogP contribution is 2.68. The first-order valence-corrected chi connectivity index (χ1v) is 11.9. The van der Waals surface area contributed by atoms with Gasteiger partial charge in [0.15, 0.2) is 0 Å². The molecule has 1 N–H and O–H groups in total. The minimum absolute atomic E-state index is 0.0333. The van der Waals surface area contributed by atoms with Crippen LogP contribution in [0.5, 0.6) is 11.5 Å². The molecule has 0 aromatic heterocycles. The SMILES string of the molecule is N#Cc1ccc(OC2CC3N(C(=O)Oc4ccc(N5CCNCC5)cc4)C4CCC243)cc1Cl. The molecule has 2 aliphatic carbocycles. The van der Waals surface area contributed by atoms with Gasteiger partial charge in [-0.3, -0.25) is 0 Å². The van der Waals surface area contributed by atoms with E-state index in [1.807, 2.05) is 29.2 Å². The monoisotopic (exact) mass is 464 g/mol. The summed E-state index contributed by atoms with van der Waals surface area (Å²) in [6, 6.07) is 15.4. The van der Waals surface area contributed by atoms with Crippen LogP contribution in [0.25, 0.3) is 0 Å². The molecule has 1 amide bonds. The largest absolute Gasteiger partial charge is 0.490 e. The third-order valence-corrected chi connectivity index (χ3v) is 8.19. The third-order valence-electron chi connectivity index (χ3n) is 7.87. The Bertz CT molecular complexity index is 1120. The van der Waals surface area contributed by atoms with Crippen LogP contribution in [0.2, 0.25) is 5.02 Å². The second kappa shape index (κ2) is 7.82. The molecule has 2 aromatic rings. The van der Waals surface area contributed by atoms with Gasteiger partial charge in [-0.15, -0.1) is 0 Å². The van der Waals surface area contributed by atoms with E-state index < -0.39 is 0 Å². The molecule has 2 heterocycles. The summed E-state index contributed by atoms with van der Waals surface area (Å²) < 4.78 is 11.9. The van der Waals surface area contributed by atoms with Gasteiger partial charge < -0.3 is 24.6 Å². The van der Waals surface area contributed by atoms with Crippen molar-refractivity contribution in [1.82, 2.24) is 10.2 Å². The number of benzene rings is 2. The summed E-state index contributed by atoms with van der Waals surface area (Å²) >= 11 is 6.15. The normalized spacial score (nSPS) is 29.4. The summed E-state index contributed by atoms with van der Waals surface area (Å²) in [5.41, 5.74) is 1.62. The van der Waals surface area contributed by atoms with Crippen molar-refractivity contribution >= 4 is 23.4 Å². The average Bonchev–Trinajstić information content (AvgIpc) is 2.80. The van der Waals surface area contributed by atoms with E-state index in [0.29, 0.717) is 22.1 Å². The van der Waals surface area contributed by atoms with Gasteiger partial charge in [-0.25, -0.2) is 4.79 Å². The number of nitriles is 1. The Morgan fingerprint density at radius 2 is 1.88 bits per heavy atom. The fourth-order valence-electron chi connectivity index (χ4n) is 6.01. The Kier molecular flexibility index (Phi) is 4.89. The number of piperidine rings is 2. The first-order valence-electron chi connectivity index (χ1n) is 11.5. The van der Waals surface area contributed by atoms with E-state index in [-0.39, 0.29) is 29.7 Å². The van der Waals surface area contributed by atoms with Crippen molar-refractivity contribution in [2.45, 2.75) is 37.5 Å². The molecule has 7 nitrogen and oxygen atoms in total. The van der Waals surface area contributed by atoms with E-state index in [1.54, 1.807) is 18.2 Å². The lowest BCUT2D eigenvalue weighted by Crippen LogP contribution is -2.88. The van der Waals surface area contributed by atoms with E-state index in [2.05, 4.69) is 16.3 Å². The minimum atomic E-state index is -0.268. The molecule has 2 aliphatic heterocycles. The molecule has 33 heavy (non-hydrogen) atoms. The lowest BCUT2D eigenvalue weighted by Gasteiger charge is -2.77. The Morgan fingerprint density at radius 1 is 1.12 bits per heavy atom. The molecule has 1 spiro atoms. The summed E-state index contributed by atoms with van der Waals surface area (Å²) in [6.45, 7) is 3.94. The zero-order valence-electron chi connectivity index (χ0n) is 18.2. The van der Waals surface area contributed by atoms with Gasteiger partial charge in [-0.1, -0.05) is 11.6 Å². The Labute approximate surface area is 197 Å². The van der Waals surface area contributed by atoms with Crippen LogP contribution in [-0.4, -0.2) is 55.4 Å². The number of rotatable bonds is 4. The number of carbonyl (C=O) groups excluding carboxylic acids is 1. The molecule has 0 bridgehead atoms. The Hall–Kier alpha value is -2.95. The second-order valence-corrected chi connectivity index (χ2v) is 9.69. The van der Waals surface area contributed by atoms with E-state index >= 15 is 0 Å². The van der Waals surface area contributed by atoms with Crippen molar-refractivity contribution in [3.63, 3.8) is 0 Å². The van der Waals surface area contributed by atoms with E-state index in [9.17, 15) is 4.79 Å². The number of piperazine rings is 1. The van der Waals surface area contributed by atoms with Gasteiger partial charge in [0.2, 0.25) is 0 Å². The van der Waals surface area contributed by atoms with Gasteiger partial charge in [0.25, 0.3) is 0 Å². The average molecular weight is 465 g/mol. The molecule has 4 unspecified atom stereocenters. The fraction of sp³-hybridized carbons (Fsp3) is 0.440. The summed E-state index contributed by atoms with van der Waals surface area (Å²) in [5.74, 6) is 1.25. The van der Waals surface area contributed by atoms with Gasteiger partial charge in [-0.05, 0) is 49.2 Å². The van der Waals surface area contributed by atoms with Crippen molar-refractivity contribution in [2.75, 3.05) is 31.1 Å². The maximum absolute atomic E-state index is 12.9. The zero-order valence-corrected chi connectivity index (χ0v) is 18.9. The maximum atomic E-state index is 12.9. The molecular formula is C25H25ClN4O3. The van der Waals surface area contributed by atoms with E-state index in [4.69, 9.17) is 26.3 Å². The number of nitrogens with one attached hydrogen (secondary N) is 1. The molecule has 6 rings (SSSR count). The van der Waals surface area contributed by atoms with Crippen molar-refractivity contribution < 1.29 is 14.3 Å². The van der Waals surface area contributed by atoms with Gasteiger partial charge >= 0.3 is 6.09 Å². The molecular weight excluding hydrogens is 440 g/mol. The van der Waals surface area contributed by atoms with E-state index in [1.165, 1.54) is 0 Å². The van der Waals surface area contributed by atoms with Crippen LogP contribution in [0.1, 0.15) is 24.8 Å². The Balaban J connectivity index is 1.08. The fourth-order valence-corrected chi connectivity index (χ4v) is 6.22. The number of nitrogens with zero attached hydrogens (tertiary/aromatic N) is 3. The number of amides is 1. The standard InChI is InChI=1S/C25H25ClN4O3/c26-20-13-19(4-1-16(20)15-27)32-23-14-22-25(23)8-7-21(25)30(22)24(31)33-18-5-2-17(3-6-18)29-11-9-28-10-12-29/h1-6,13,21-23,28H,7-12,14H2. The van der Waals surface area contributed by atoms with Crippen LogP contribution in [0, 0.1) is 16.7 Å². The van der Waals surface area contributed by atoms with Crippen LogP contribution in [0.4, 0.5) is 10.5 Å². The van der Waals surface area contributed by atoms with Crippen LogP contribution in [-0.2, 0) is 0 Å². The molecule has 4 aliphatic rings. The highest BCUT2D eigenvalue weighted by molar-refractivity contribution is 6.31. The lowest BCUT2D eigenvalue weighted by atomic mass is 9.41. The predicted molar refractivity (Wildman–Crippen MR) is 124 cm³/mol. The summed E-state index contributed by atoms with van der Waals surface area (Å²) in [6.07, 6.45) is 2.61. The van der Waals surface area contributed by atoms with E-state index in [0.717, 1.165) is 51.1 Å². The highest BCUT2D eigenvalue weighted by atomic mass is 35.5. The number of ether oxygens (including phenoxy) is 2. The quantitative estimate of drug-likeness (QED) is 0.741. The van der Waals surface area contributed by atoms with Crippen molar-refractivity contribution in [1.29, 1.82) is 5.26 Å². The molecule has 0 radical (unpaired) electrons. The minimum Gasteiger partial charge on any atom is -0.490 e. The number of carbonyl (C=O) groups is 1. The second-order valence-electron chi connectivity index (χ2n) is 9.28. The molecule has 2 aromatic carbocycles. The number of halogens is 1. The summed E-state index contributed by atoms with van der Waals surface area (Å²) in [7, 11) is 0. The van der Waals surface area contributed by atoms with Gasteiger partial charge in [0.05, 0.1) is 16.6 Å². The highest BCUT2D eigenvalue weighted by Gasteiger charge is 2.78. The number of likely N-dealkylation sites (tertiary alicyclic amines) is 1. The molecule has 2 saturated heterocycles. The zero-order chi connectivity index (χ0) is 22.6. The first kappa shape index (κ1) is 20.6. The first-order chi connectivity index (χ1) is 16.1. The van der Waals surface area contributed by atoms with Crippen molar-refractivity contribution in [3.8, 4) is 17.6 Å². The van der Waals surface area contributed by atoms with Crippen LogP contribution in [0.15, 0.2) is 42.5 Å². The molecule has 4 fully saturated rings. The molecule has 4 atom stereocenters. The number of hydrogen-bond donors (Lipinski definition) is 1. The maximum Gasteiger partial charge on any atom is 0.415 e. The van der Waals surface area contributed by atoms with Crippen LogP contribution < -0.4 is 19.7 Å². The van der Waals surface area contributed by atoms with Crippen molar-refractivity contribution in [2.24, 2.45) is 5.41 Å². The van der Waals surface area contributed by atoms with Gasteiger partial charge in [0, 0.05) is 55.8 Å². The third kappa shape index (κ3) is 3.16. The molecule has 8 heteroatoms. The van der Waals surface area contributed by atoms with Gasteiger partial charge in [-0.2, -0.15) is 5.26 Å². The lowest BCUT2D eigenvalue weighted by molar-refractivity contribution is -0.295. The topological polar surface area (TPSA) is 77.8 Å². The smallest absolute Gasteiger partial charge is 0.415 e. The molecule has 2 saturated carbocycles. The summed E-state index contributed by atoms with van der Waals surface area (Å²) in [4.78, 5) is 17.2. The number of anilines is 1. The Morgan fingerprint density at radius 3 is 2.52 bits per heavy atom. The van der Waals surface area contributed by atoms with Crippen LogP contribution in [0.3, 0.4) is 0 Å². The van der Waals surface area contributed by atoms with Crippen molar-refractivity contribution in [3.05, 3.63) is 53.1 Å².